The highest BCUT2D eigenvalue weighted by molar-refractivity contribution is 6.10. The molecule has 1 saturated heterocycles. The number of fused-ring (bicyclic) bond motifs is 3. The summed E-state index contributed by atoms with van der Waals surface area (Å²) in [6.07, 6.45) is 0.769. The Labute approximate surface area is 122 Å². The molecule has 21 heavy (non-hydrogen) atoms. The molecule has 0 aromatic heterocycles. The van der Waals surface area contributed by atoms with Crippen LogP contribution in [0.2, 0.25) is 0 Å². The first kappa shape index (κ1) is 12.1. The highest BCUT2D eigenvalue weighted by Crippen LogP contribution is 2.43. The van der Waals surface area contributed by atoms with Gasteiger partial charge >= 0.3 is 6.03 Å². The Morgan fingerprint density at radius 1 is 0.952 bits per heavy atom. The average molecular weight is 278 g/mol. The molecule has 2 aromatic rings. The van der Waals surface area contributed by atoms with Crippen molar-refractivity contribution < 1.29 is 9.59 Å². The van der Waals surface area contributed by atoms with Crippen molar-refractivity contribution in [2.75, 3.05) is 6.54 Å². The van der Waals surface area contributed by atoms with E-state index in [0.29, 0.717) is 6.54 Å². The lowest BCUT2D eigenvalue weighted by atomic mass is 9.76. The minimum Gasteiger partial charge on any atom is -0.301 e. The molecule has 4 nitrogen and oxygen atoms in total. The topological polar surface area (TPSA) is 49.4 Å². The summed E-state index contributed by atoms with van der Waals surface area (Å²) >= 11 is 0. The number of carbonyl (C=O) groups excluding carboxylic acids is 2. The van der Waals surface area contributed by atoms with E-state index < -0.39 is 5.54 Å². The van der Waals surface area contributed by atoms with Crippen molar-refractivity contribution in [2.24, 2.45) is 0 Å². The number of hydrogen-bond donors (Lipinski definition) is 1. The second-order valence-electron chi connectivity index (χ2n) is 5.39. The standard InChI is InChI=1S/C17H14N2O2/c20-15-17(13-7-2-1-3-8-13)14-9-5-4-6-12(14)10-11-19(17)16(21)18-15/h1-9H,10-11H2,(H,18,20,21)/t17-/m0/s1. The van der Waals surface area contributed by atoms with Crippen LogP contribution < -0.4 is 5.32 Å². The second kappa shape index (κ2) is 4.19. The SMILES string of the molecule is O=C1NC(=O)[C@]2(c3ccccc3)c3ccccc3CCN12. The van der Waals surface area contributed by atoms with Gasteiger partial charge in [0.2, 0.25) is 0 Å². The van der Waals surface area contributed by atoms with Crippen molar-refractivity contribution in [3.05, 3.63) is 71.3 Å². The van der Waals surface area contributed by atoms with Crippen molar-refractivity contribution in [2.45, 2.75) is 12.0 Å². The summed E-state index contributed by atoms with van der Waals surface area (Å²) in [5.41, 5.74) is 1.85. The number of amides is 3. The smallest absolute Gasteiger partial charge is 0.301 e. The largest absolute Gasteiger partial charge is 0.325 e. The Balaban J connectivity index is 2.06. The number of rotatable bonds is 1. The number of benzene rings is 2. The van der Waals surface area contributed by atoms with Crippen molar-refractivity contribution in [3.63, 3.8) is 0 Å². The van der Waals surface area contributed by atoms with Crippen LogP contribution in [-0.4, -0.2) is 23.4 Å². The molecule has 0 radical (unpaired) electrons. The van der Waals surface area contributed by atoms with E-state index in [9.17, 15) is 9.59 Å². The predicted octanol–water partition coefficient (Wildman–Crippen LogP) is 2.04. The monoisotopic (exact) mass is 278 g/mol. The molecule has 0 saturated carbocycles. The lowest BCUT2D eigenvalue weighted by Crippen LogP contribution is -2.51. The molecule has 104 valence electrons. The van der Waals surface area contributed by atoms with Gasteiger partial charge in [0, 0.05) is 6.54 Å². The van der Waals surface area contributed by atoms with Crippen LogP contribution in [0.15, 0.2) is 54.6 Å². The minimum atomic E-state index is -1.02. The van der Waals surface area contributed by atoms with Gasteiger partial charge in [0.25, 0.3) is 5.91 Å². The zero-order valence-electron chi connectivity index (χ0n) is 11.4. The second-order valence-corrected chi connectivity index (χ2v) is 5.39. The average Bonchev–Trinajstić information content (AvgIpc) is 2.80. The van der Waals surface area contributed by atoms with E-state index in [1.807, 2.05) is 54.6 Å². The first-order valence-corrected chi connectivity index (χ1v) is 7.01. The van der Waals surface area contributed by atoms with Crippen LogP contribution in [0.5, 0.6) is 0 Å². The third-order valence-electron chi connectivity index (χ3n) is 4.40. The number of nitrogens with one attached hydrogen (secondary N) is 1. The zero-order chi connectivity index (χ0) is 14.4. The predicted molar refractivity (Wildman–Crippen MR) is 77.6 cm³/mol. The lowest BCUT2D eigenvalue weighted by Gasteiger charge is -2.41. The van der Waals surface area contributed by atoms with Crippen molar-refractivity contribution in [1.29, 1.82) is 0 Å². The normalized spacial score (nSPS) is 23.5. The first-order chi connectivity index (χ1) is 10.2. The Morgan fingerprint density at radius 2 is 1.67 bits per heavy atom. The molecular formula is C17H14N2O2. The minimum absolute atomic E-state index is 0.258. The maximum absolute atomic E-state index is 12.7. The fourth-order valence-electron chi connectivity index (χ4n) is 3.51. The fourth-order valence-corrected chi connectivity index (χ4v) is 3.51. The van der Waals surface area contributed by atoms with Gasteiger partial charge in [0.15, 0.2) is 5.54 Å². The summed E-state index contributed by atoms with van der Waals surface area (Å²) in [6.45, 7) is 0.545. The van der Waals surface area contributed by atoms with Gasteiger partial charge in [0.05, 0.1) is 0 Å². The molecule has 0 bridgehead atoms. The van der Waals surface area contributed by atoms with Crippen LogP contribution >= 0.6 is 0 Å². The van der Waals surface area contributed by atoms with E-state index in [-0.39, 0.29) is 11.9 Å². The highest BCUT2D eigenvalue weighted by atomic mass is 16.2. The van der Waals surface area contributed by atoms with Gasteiger partial charge in [-0.2, -0.15) is 0 Å². The van der Waals surface area contributed by atoms with Gasteiger partial charge < -0.3 is 4.90 Å². The number of nitrogens with zero attached hydrogens (tertiary/aromatic N) is 1. The Bertz CT molecular complexity index is 741. The molecule has 3 amide bonds. The van der Waals surface area contributed by atoms with Gasteiger partial charge in [-0.3, -0.25) is 10.1 Å². The van der Waals surface area contributed by atoms with Gasteiger partial charge in [-0.05, 0) is 23.1 Å². The molecule has 0 aliphatic carbocycles. The lowest BCUT2D eigenvalue weighted by molar-refractivity contribution is -0.125. The van der Waals surface area contributed by atoms with Crippen LogP contribution in [0, 0.1) is 0 Å². The van der Waals surface area contributed by atoms with Gasteiger partial charge in [0.1, 0.15) is 0 Å². The summed E-state index contributed by atoms with van der Waals surface area (Å²) in [5.74, 6) is -0.258. The summed E-state index contributed by atoms with van der Waals surface area (Å²) < 4.78 is 0. The summed E-state index contributed by atoms with van der Waals surface area (Å²) in [7, 11) is 0. The molecule has 2 aliphatic heterocycles. The van der Waals surface area contributed by atoms with E-state index in [4.69, 9.17) is 0 Å². The van der Waals surface area contributed by atoms with Crippen LogP contribution in [0.25, 0.3) is 0 Å². The van der Waals surface area contributed by atoms with Crippen molar-refractivity contribution in [3.8, 4) is 0 Å². The first-order valence-electron chi connectivity index (χ1n) is 7.01. The summed E-state index contributed by atoms with van der Waals surface area (Å²) in [6, 6.07) is 17.1. The highest BCUT2D eigenvalue weighted by Gasteiger charge is 2.57. The quantitative estimate of drug-likeness (QED) is 0.812. The zero-order valence-corrected chi connectivity index (χ0v) is 11.4. The molecule has 1 atom stereocenters. The van der Waals surface area contributed by atoms with Gasteiger partial charge in [-0.1, -0.05) is 54.6 Å². The number of carbonyl (C=O) groups is 2. The Kier molecular flexibility index (Phi) is 2.42. The van der Waals surface area contributed by atoms with E-state index in [0.717, 1.165) is 23.1 Å². The molecule has 2 aromatic carbocycles. The van der Waals surface area contributed by atoms with Crippen molar-refractivity contribution >= 4 is 11.9 Å². The van der Waals surface area contributed by atoms with Crippen LogP contribution in [0.1, 0.15) is 16.7 Å². The molecule has 1 N–H and O–H groups in total. The van der Waals surface area contributed by atoms with E-state index in [1.165, 1.54) is 0 Å². The summed E-state index contributed by atoms with van der Waals surface area (Å²) in [5, 5.41) is 2.49. The molecule has 0 spiro atoms. The maximum atomic E-state index is 12.7. The number of urea groups is 1. The van der Waals surface area contributed by atoms with Gasteiger partial charge in [-0.25, -0.2) is 4.79 Å². The third-order valence-corrected chi connectivity index (χ3v) is 4.40. The number of hydrogen-bond acceptors (Lipinski definition) is 2. The molecule has 2 heterocycles. The molecule has 0 unspecified atom stereocenters. The molecule has 2 aliphatic rings. The van der Waals surface area contributed by atoms with E-state index in [1.54, 1.807) is 4.90 Å². The number of imide groups is 1. The molecule has 1 fully saturated rings. The molecule has 4 heteroatoms. The Morgan fingerprint density at radius 3 is 2.48 bits per heavy atom. The van der Waals surface area contributed by atoms with E-state index in [2.05, 4.69) is 5.32 Å². The van der Waals surface area contributed by atoms with E-state index >= 15 is 0 Å². The van der Waals surface area contributed by atoms with Crippen LogP contribution in [0.4, 0.5) is 4.79 Å². The third kappa shape index (κ3) is 1.44. The van der Waals surface area contributed by atoms with Crippen LogP contribution in [-0.2, 0) is 16.8 Å². The maximum Gasteiger partial charge on any atom is 0.325 e. The molecular weight excluding hydrogens is 264 g/mol. The van der Waals surface area contributed by atoms with Crippen molar-refractivity contribution in [1.82, 2.24) is 10.2 Å². The molecule has 4 rings (SSSR count). The Hall–Kier alpha value is -2.62. The summed E-state index contributed by atoms with van der Waals surface area (Å²) in [4.78, 5) is 26.6. The fraction of sp³-hybridized carbons (Fsp3) is 0.176. The van der Waals surface area contributed by atoms with Gasteiger partial charge in [-0.15, -0.1) is 0 Å². The van der Waals surface area contributed by atoms with Crippen LogP contribution in [0.3, 0.4) is 0 Å².